The van der Waals surface area contributed by atoms with Gasteiger partial charge in [-0.25, -0.2) is 0 Å². The summed E-state index contributed by atoms with van der Waals surface area (Å²) >= 11 is 0. The third kappa shape index (κ3) is 3.19. The lowest BCUT2D eigenvalue weighted by molar-refractivity contribution is 0.394. The van der Waals surface area contributed by atoms with E-state index in [-0.39, 0.29) is 0 Å². The number of methoxy groups -OCH3 is 2. The molecule has 0 heterocycles. The van der Waals surface area contributed by atoms with E-state index in [2.05, 4.69) is 25.7 Å². The molecule has 1 aromatic carbocycles. The molecule has 0 radical (unpaired) electrons. The summed E-state index contributed by atoms with van der Waals surface area (Å²) in [6.07, 6.45) is 0. The van der Waals surface area contributed by atoms with Gasteiger partial charge < -0.3 is 14.8 Å². The Bertz CT molecular complexity index is 350. The quantitative estimate of drug-likeness (QED) is 0.827. The highest BCUT2D eigenvalue weighted by molar-refractivity contribution is 5.56. The smallest absolute Gasteiger partial charge is 0.124 e. The van der Waals surface area contributed by atoms with Gasteiger partial charge in [-0.1, -0.05) is 20.4 Å². The summed E-state index contributed by atoms with van der Waals surface area (Å²) in [7, 11) is 3.27. The van der Waals surface area contributed by atoms with Gasteiger partial charge in [-0.15, -0.1) is 0 Å². The summed E-state index contributed by atoms with van der Waals surface area (Å²) in [5.41, 5.74) is 1.89. The number of benzene rings is 1. The molecule has 0 aliphatic heterocycles. The van der Waals surface area contributed by atoms with Crippen LogP contribution in [0.15, 0.2) is 30.5 Å². The lowest BCUT2D eigenvalue weighted by atomic mass is 10.1. The maximum atomic E-state index is 5.19. The van der Waals surface area contributed by atoms with Gasteiger partial charge in [0, 0.05) is 29.6 Å². The van der Waals surface area contributed by atoms with Gasteiger partial charge in [-0.05, 0) is 5.92 Å². The second kappa shape index (κ2) is 5.45. The summed E-state index contributed by atoms with van der Waals surface area (Å²) in [4.78, 5) is 0. The topological polar surface area (TPSA) is 30.5 Å². The average Bonchev–Trinajstić information content (AvgIpc) is 2.28. The first-order valence-corrected chi connectivity index (χ1v) is 5.25. The van der Waals surface area contributed by atoms with Gasteiger partial charge in [0.1, 0.15) is 11.5 Å². The summed E-state index contributed by atoms with van der Waals surface area (Å²) < 4.78 is 10.4. The van der Waals surface area contributed by atoms with Gasteiger partial charge in [0.2, 0.25) is 0 Å². The Hall–Kier alpha value is -1.64. The predicted molar refractivity (Wildman–Crippen MR) is 67.1 cm³/mol. The van der Waals surface area contributed by atoms with Crippen LogP contribution in [0.4, 0.5) is 5.69 Å². The Morgan fingerprint density at radius 1 is 1.12 bits per heavy atom. The highest BCUT2D eigenvalue weighted by Crippen LogP contribution is 2.27. The van der Waals surface area contributed by atoms with E-state index in [9.17, 15) is 0 Å². The molecule has 0 bridgehead atoms. The number of ether oxygens (including phenoxy) is 2. The van der Waals surface area contributed by atoms with E-state index in [0.29, 0.717) is 5.92 Å². The van der Waals surface area contributed by atoms with Crippen molar-refractivity contribution in [3.8, 4) is 11.5 Å². The molecular weight excluding hydrogens is 202 g/mol. The molecule has 0 aliphatic rings. The second-order valence-corrected chi connectivity index (χ2v) is 3.91. The van der Waals surface area contributed by atoms with Crippen LogP contribution < -0.4 is 14.8 Å². The summed E-state index contributed by atoms with van der Waals surface area (Å²) in [5, 5.41) is 3.24. The third-order valence-electron chi connectivity index (χ3n) is 2.35. The average molecular weight is 221 g/mol. The molecule has 16 heavy (non-hydrogen) atoms. The Kier molecular flexibility index (Phi) is 4.23. The maximum Gasteiger partial charge on any atom is 0.124 e. The molecule has 0 saturated carbocycles. The molecule has 3 nitrogen and oxygen atoms in total. The lowest BCUT2D eigenvalue weighted by Crippen LogP contribution is -2.04. The molecule has 1 rings (SSSR count). The molecule has 0 aromatic heterocycles. The van der Waals surface area contributed by atoms with Crippen LogP contribution in [0.1, 0.15) is 13.8 Å². The molecule has 0 aliphatic carbocycles. The normalized spacial score (nSPS) is 10.1. The molecule has 1 N–H and O–H groups in total. The minimum Gasteiger partial charge on any atom is -0.497 e. The number of hydrogen-bond donors (Lipinski definition) is 1. The van der Waals surface area contributed by atoms with Gasteiger partial charge in [0.25, 0.3) is 0 Å². The van der Waals surface area contributed by atoms with Crippen molar-refractivity contribution >= 4 is 5.69 Å². The van der Waals surface area contributed by atoms with Gasteiger partial charge in [-0.3, -0.25) is 0 Å². The van der Waals surface area contributed by atoms with Crippen molar-refractivity contribution in [2.45, 2.75) is 13.8 Å². The monoisotopic (exact) mass is 221 g/mol. The lowest BCUT2D eigenvalue weighted by Gasteiger charge is -2.14. The van der Waals surface area contributed by atoms with Gasteiger partial charge in [-0.2, -0.15) is 0 Å². The van der Waals surface area contributed by atoms with Crippen molar-refractivity contribution in [1.29, 1.82) is 0 Å². The Morgan fingerprint density at radius 2 is 1.62 bits per heavy atom. The Morgan fingerprint density at radius 3 is 2.00 bits per heavy atom. The Labute approximate surface area is 97.1 Å². The fourth-order valence-corrected chi connectivity index (χ4v) is 1.21. The first kappa shape index (κ1) is 12.4. The SMILES string of the molecule is C=C(Nc1cc(OC)cc(OC)c1)C(C)C. The maximum absolute atomic E-state index is 5.19. The van der Waals surface area contributed by atoms with E-state index in [1.54, 1.807) is 14.2 Å². The van der Waals surface area contributed by atoms with Crippen LogP contribution in [-0.4, -0.2) is 14.2 Å². The zero-order valence-electron chi connectivity index (χ0n) is 10.3. The van der Waals surface area contributed by atoms with Crippen molar-refractivity contribution in [1.82, 2.24) is 0 Å². The first-order valence-electron chi connectivity index (χ1n) is 5.25. The summed E-state index contributed by atoms with van der Waals surface area (Å²) in [5.74, 6) is 1.91. The van der Waals surface area contributed by atoms with E-state index in [1.165, 1.54) is 0 Å². The molecule has 0 saturated heterocycles. The molecule has 0 fully saturated rings. The Balaban J connectivity index is 2.91. The molecular formula is C13H19NO2. The van der Waals surface area contributed by atoms with E-state index in [0.717, 1.165) is 22.9 Å². The minimum absolute atomic E-state index is 0.386. The number of rotatable bonds is 5. The summed E-state index contributed by atoms with van der Waals surface area (Å²) in [6.45, 7) is 8.15. The van der Waals surface area contributed by atoms with Crippen LogP contribution in [0.25, 0.3) is 0 Å². The second-order valence-electron chi connectivity index (χ2n) is 3.91. The van der Waals surface area contributed by atoms with Gasteiger partial charge in [0.05, 0.1) is 14.2 Å². The molecule has 1 aromatic rings. The van der Waals surface area contributed by atoms with E-state index >= 15 is 0 Å². The van der Waals surface area contributed by atoms with Crippen molar-refractivity contribution in [2.75, 3.05) is 19.5 Å². The molecule has 3 heteroatoms. The number of anilines is 1. The largest absolute Gasteiger partial charge is 0.497 e. The van der Waals surface area contributed by atoms with Crippen molar-refractivity contribution in [3.05, 3.63) is 30.5 Å². The van der Waals surface area contributed by atoms with Crippen LogP contribution in [0.3, 0.4) is 0 Å². The standard InChI is InChI=1S/C13H19NO2/c1-9(2)10(3)14-11-6-12(15-4)8-13(7-11)16-5/h6-9,14H,3H2,1-2,4-5H3. The fourth-order valence-electron chi connectivity index (χ4n) is 1.21. The number of allylic oxidation sites excluding steroid dienone is 1. The van der Waals surface area contributed by atoms with Crippen LogP contribution in [0, 0.1) is 5.92 Å². The van der Waals surface area contributed by atoms with Crippen LogP contribution >= 0.6 is 0 Å². The molecule has 0 spiro atoms. The van der Waals surface area contributed by atoms with Crippen LogP contribution in [0.5, 0.6) is 11.5 Å². The molecule has 0 atom stereocenters. The van der Waals surface area contributed by atoms with E-state index in [4.69, 9.17) is 9.47 Å². The zero-order chi connectivity index (χ0) is 12.1. The van der Waals surface area contributed by atoms with Crippen molar-refractivity contribution in [2.24, 2.45) is 5.92 Å². The number of hydrogen-bond acceptors (Lipinski definition) is 3. The molecule has 0 unspecified atom stereocenters. The highest BCUT2D eigenvalue weighted by Gasteiger charge is 2.04. The van der Waals surface area contributed by atoms with Crippen LogP contribution in [0.2, 0.25) is 0 Å². The minimum atomic E-state index is 0.386. The molecule has 88 valence electrons. The van der Waals surface area contributed by atoms with E-state index < -0.39 is 0 Å². The highest BCUT2D eigenvalue weighted by atomic mass is 16.5. The number of nitrogens with one attached hydrogen (secondary N) is 1. The first-order chi connectivity index (χ1) is 7.56. The predicted octanol–water partition coefficient (Wildman–Crippen LogP) is 3.29. The van der Waals surface area contributed by atoms with Crippen molar-refractivity contribution < 1.29 is 9.47 Å². The summed E-state index contributed by atoms with van der Waals surface area (Å²) in [6, 6.07) is 5.66. The van der Waals surface area contributed by atoms with E-state index in [1.807, 2.05) is 18.2 Å². The van der Waals surface area contributed by atoms with Crippen molar-refractivity contribution in [3.63, 3.8) is 0 Å². The third-order valence-corrected chi connectivity index (χ3v) is 2.35. The van der Waals surface area contributed by atoms with Gasteiger partial charge >= 0.3 is 0 Å². The van der Waals surface area contributed by atoms with Crippen LogP contribution in [-0.2, 0) is 0 Å². The fraction of sp³-hybridized carbons (Fsp3) is 0.385. The molecule has 0 amide bonds. The zero-order valence-corrected chi connectivity index (χ0v) is 10.3. The van der Waals surface area contributed by atoms with Gasteiger partial charge in [0.15, 0.2) is 0 Å².